The van der Waals surface area contributed by atoms with Gasteiger partial charge in [0.25, 0.3) is 5.91 Å². The summed E-state index contributed by atoms with van der Waals surface area (Å²) in [5.41, 5.74) is 1.04. The van der Waals surface area contributed by atoms with E-state index in [1.54, 1.807) is 6.20 Å². The molecule has 0 saturated heterocycles. The fourth-order valence-electron chi connectivity index (χ4n) is 2.22. The Bertz CT molecular complexity index is 865. The average molecular weight is 371 g/mol. The third kappa shape index (κ3) is 4.07. The number of ether oxygens (including phenoxy) is 1. The first kappa shape index (κ1) is 15.5. The van der Waals surface area contributed by atoms with Crippen molar-refractivity contribution in [1.29, 1.82) is 0 Å². The largest absolute Gasteiger partial charge is 0.484 e. The zero-order valence-electron chi connectivity index (χ0n) is 12.5. The van der Waals surface area contributed by atoms with Crippen molar-refractivity contribution >= 4 is 38.4 Å². The smallest absolute Gasteiger partial charge is 0.263 e. The van der Waals surface area contributed by atoms with Gasteiger partial charge in [-0.25, -0.2) is 4.98 Å². The Morgan fingerprint density at radius 3 is 2.74 bits per heavy atom. The highest BCUT2D eigenvalue weighted by atomic mass is 79.9. The maximum absolute atomic E-state index is 11.9. The van der Waals surface area contributed by atoms with Crippen molar-refractivity contribution in [3.8, 4) is 5.75 Å². The van der Waals surface area contributed by atoms with E-state index in [0.717, 1.165) is 20.8 Å². The molecule has 0 aliphatic rings. The molecule has 3 rings (SSSR count). The third-order valence-corrected chi connectivity index (χ3v) is 3.82. The van der Waals surface area contributed by atoms with Gasteiger partial charge < -0.3 is 10.1 Å². The molecule has 116 valence electrons. The molecule has 3 aromatic rings. The summed E-state index contributed by atoms with van der Waals surface area (Å²) in [6, 6.07) is 15.4. The van der Waals surface area contributed by atoms with Crippen LogP contribution in [0.1, 0.15) is 5.56 Å². The summed E-state index contributed by atoms with van der Waals surface area (Å²) in [6.07, 6.45) is 1.66. The van der Waals surface area contributed by atoms with Crippen molar-refractivity contribution in [2.24, 2.45) is 0 Å². The van der Waals surface area contributed by atoms with Gasteiger partial charge in [0.1, 0.15) is 11.6 Å². The van der Waals surface area contributed by atoms with Gasteiger partial charge in [-0.05, 0) is 59.7 Å². The van der Waals surface area contributed by atoms with E-state index in [-0.39, 0.29) is 12.5 Å². The monoisotopic (exact) mass is 370 g/mol. The number of rotatable bonds is 4. The van der Waals surface area contributed by atoms with E-state index in [1.807, 2.05) is 55.5 Å². The molecule has 0 fully saturated rings. The SMILES string of the molecule is Cc1ccnc(NC(=O)COc2ccc3cc(Br)ccc3c2)c1. The zero-order chi connectivity index (χ0) is 16.2. The second-order valence-corrected chi connectivity index (χ2v) is 6.12. The summed E-state index contributed by atoms with van der Waals surface area (Å²) in [7, 11) is 0. The highest BCUT2D eigenvalue weighted by Gasteiger charge is 2.05. The quantitative estimate of drug-likeness (QED) is 0.743. The molecule has 1 heterocycles. The van der Waals surface area contributed by atoms with Gasteiger partial charge in [0.2, 0.25) is 0 Å². The molecule has 0 radical (unpaired) electrons. The van der Waals surface area contributed by atoms with Gasteiger partial charge >= 0.3 is 0 Å². The predicted molar refractivity (Wildman–Crippen MR) is 94.7 cm³/mol. The summed E-state index contributed by atoms with van der Waals surface area (Å²) in [5, 5.41) is 4.89. The minimum absolute atomic E-state index is 0.0579. The van der Waals surface area contributed by atoms with Crippen molar-refractivity contribution in [2.45, 2.75) is 6.92 Å². The highest BCUT2D eigenvalue weighted by molar-refractivity contribution is 9.10. The number of hydrogen-bond donors (Lipinski definition) is 1. The Morgan fingerprint density at radius 1 is 1.13 bits per heavy atom. The molecule has 1 aromatic heterocycles. The van der Waals surface area contributed by atoms with E-state index in [2.05, 4.69) is 26.2 Å². The van der Waals surface area contributed by atoms with Crippen molar-refractivity contribution in [3.63, 3.8) is 0 Å². The number of halogens is 1. The van der Waals surface area contributed by atoms with Crippen molar-refractivity contribution in [1.82, 2.24) is 4.98 Å². The standard InChI is InChI=1S/C18H15BrN2O2/c1-12-6-7-20-17(8-12)21-18(22)11-23-16-5-3-13-9-15(19)4-2-14(13)10-16/h2-10H,11H2,1H3,(H,20,21,22). The van der Waals surface area contributed by atoms with Crippen molar-refractivity contribution < 1.29 is 9.53 Å². The van der Waals surface area contributed by atoms with E-state index >= 15 is 0 Å². The van der Waals surface area contributed by atoms with Gasteiger partial charge in [-0.3, -0.25) is 4.79 Å². The fraction of sp³-hybridized carbons (Fsp3) is 0.111. The van der Waals surface area contributed by atoms with Crippen molar-refractivity contribution in [3.05, 3.63) is 64.8 Å². The van der Waals surface area contributed by atoms with E-state index in [1.165, 1.54) is 0 Å². The molecule has 0 atom stereocenters. The number of amides is 1. The van der Waals surface area contributed by atoms with Crippen LogP contribution in [-0.4, -0.2) is 17.5 Å². The molecule has 0 saturated carbocycles. The topological polar surface area (TPSA) is 51.2 Å². The van der Waals surface area contributed by atoms with E-state index in [9.17, 15) is 4.79 Å². The number of fused-ring (bicyclic) bond motifs is 1. The number of carbonyl (C=O) groups excluding carboxylic acids is 1. The van der Waals surface area contributed by atoms with Gasteiger partial charge in [-0.1, -0.05) is 28.1 Å². The second-order valence-electron chi connectivity index (χ2n) is 5.21. The first-order valence-corrected chi connectivity index (χ1v) is 7.94. The van der Waals surface area contributed by atoms with Crippen LogP contribution in [0.4, 0.5) is 5.82 Å². The lowest BCUT2D eigenvalue weighted by Crippen LogP contribution is -2.20. The van der Waals surface area contributed by atoms with Gasteiger partial charge in [-0.15, -0.1) is 0 Å². The molecule has 5 heteroatoms. The number of pyridine rings is 1. The van der Waals surface area contributed by atoms with Crippen LogP contribution in [0.3, 0.4) is 0 Å². The van der Waals surface area contributed by atoms with Crippen LogP contribution < -0.4 is 10.1 Å². The van der Waals surface area contributed by atoms with E-state index < -0.39 is 0 Å². The molecule has 0 unspecified atom stereocenters. The van der Waals surface area contributed by atoms with Gasteiger partial charge in [0.05, 0.1) is 0 Å². The van der Waals surface area contributed by atoms with Crippen LogP contribution in [-0.2, 0) is 4.79 Å². The van der Waals surface area contributed by atoms with Crippen LogP contribution in [0.2, 0.25) is 0 Å². The molecular weight excluding hydrogens is 356 g/mol. The third-order valence-electron chi connectivity index (χ3n) is 3.33. The first-order chi connectivity index (χ1) is 11.1. The van der Waals surface area contributed by atoms with Gasteiger partial charge in [0, 0.05) is 10.7 Å². The molecule has 2 aromatic carbocycles. The van der Waals surface area contributed by atoms with Crippen molar-refractivity contribution in [2.75, 3.05) is 11.9 Å². The number of aryl methyl sites for hydroxylation is 1. The lowest BCUT2D eigenvalue weighted by molar-refractivity contribution is -0.118. The molecule has 0 aliphatic carbocycles. The summed E-state index contributed by atoms with van der Waals surface area (Å²) in [6.45, 7) is 1.89. The summed E-state index contributed by atoms with van der Waals surface area (Å²) < 4.78 is 6.59. The number of anilines is 1. The minimum atomic E-state index is -0.237. The van der Waals surface area contributed by atoms with Crippen LogP contribution in [0.25, 0.3) is 10.8 Å². The van der Waals surface area contributed by atoms with Gasteiger partial charge in [0.15, 0.2) is 6.61 Å². The molecule has 4 nitrogen and oxygen atoms in total. The number of carbonyl (C=O) groups is 1. The minimum Gasteiger partial charge on any atom is -0.484 e. The van der Waals surface area contributed by atoms with Crippen LogP contribution in [0.15, 0.2) is 59.2 Å². The lowest BCUT2D eigenvalue weighted by Gasteiger charge is -2.08. The number of benzene rings is 2. The Labute approximate surface area is 142 Å². The average Bonchev–Trinajstić information content (AvgIpc) is 2.53. The number of aromatic nitrogens is 1. The predicted octanol–water partition coefficient (Wildman–Crippen LogP) is 4.32. The molecule has 0 spiro atoms. The van der Waals surface area contributed by atoms with E-state index in [4.69, 9.17) is 4.74 Å². The van der Waals surface area contributed by atoms with Crippen LogP contribution >= 0.6 is 15.9 Å². The number of hydrogen-bond acceptors (Lipinski definition) is 3. The zero-order valence-corrected chi connectivity index (χ0v) is 14.1. The van der Waals surface area contributed by atoms with Gasteiger partial charge in [-0.2, -0.15) is 0 Å². The number of nitrogens with one attached hydrogen (secondary N) is 1. The summed E-state index contributed by atoms with van der Waals surface area (Å²) in [5.74, 6) is 0.952. The molecule has 23 heavy (non-hydrogen) atoms. The molecular formula is C18H15BrN2O2. The van der Waals surface area contributed by atoms with E-state index in [0.29, 0.717) is 11.6 Å². The molecule has 0 aliphatic heterocycles. The molecule has 0 bridgehead atoms. The first-order valence-electron chi connectivity index (χ1n) is 7.15. The van der Waals surface area contributed by atoms with Crippen LogP contribution in [0, 0.1) is 6.92 Å². The van der Waals surface area contributed by atoms with Crippen LogP contribution in [0.5, 0.6) is 5.75 Å². The maximum Gasteiger partial charge on any atom is 0.263 e. The maximum atomic E-state index is 11.9. The molecule has 1 amide bonds. The Balaban J connectivity index is 1.63. The Morgan fingerprint density at radius 2 is 1.91 bits per heavy atom. The Kier molecular flexibility index (Phi) is 4.57. The highest BCUT2D eigenvalue weighted by Crippen LogP contribution is 2.24. The lowest BCUT2D eigenvalue weighted by atomic mass is 10.1. The Hall–Kier alpha value is -2.40. The fourth-order valence-corrected chi connectivity index (χ4v) is 2.60. The second kappa shape index (κ2) is 6.79. The number of nitrogens with zero attached hydrogens (tertiary/aromatic N) is 1. The summed E-state index contributed by atoms with van der Waals surface area (Å²) >= 11 is 3.45. The summed E-state index contributed by atoms with van der Waals surface area (Å²) in [4.78, 5) is 16.0. The molecule has 1 N–H and O–H groups in total. The normalized spacial score (nSPS) is 10.5.